The SMILES string of the molecule is CN(C)CC(N)COc1ccc(Cl)c(Cl)c1. The lowest BCUT2D eigenvalue weighted by molar-refractivity contribution is 0.254. The first-order chi connectivity index (χ1) is 7.49. The smallest absolute Gasteiger partial charge is 0.120 e. The predicted octanol–water partition coefficient (Wildman–Crippen LogP) is 2.26. The Morgan fingerprint density at radius 3 is 2.56 bits per heavy atom. The van der Waals surface area contributed by atoms with Gasteiger partial charge in [-0.25, -0.2) is 0 Å². The summed E-state index contributed by atoms with van der Waals surface area (Å²) in [5.74, 6) is 0.684. The largest absolute Gasteiger partial charge is 0.492 e. The molecule has 0 amide bonds. The third-order valence-corrected chi connectivity index (χ3v) is 2.69. The zero-order chi connectivity index (χ0) is 12.1. The van der Waals surface area contributed by atoms with Gasteiger partial charge in [-0.3, -0.25) is 0 Å². The highest BCUT2D eigenvalue weighted by molar-refractivity contribution is 6.42. The Hall–Kier alpha value is -0.480. The number of benzene rings is 1. The molecule has 0 bridgehead atoms. The van der Waals surface area contributed by atoms with Crippen molar-refractivity contribution in [2.45, 2.75) is 6.04 Å². The molecule has 0 aliphatic carbocycles. The van der Waals surface area contributed by atoms with E-state index in [4.69, 9.17) is 33.7 Å². The topological polar surface area (TPSA) is 38.5 Å². The summed E-state index contributed by atoms with van der Waals surface area (Å²) in [6.45, 7) is 1.23. The second-order valence-electron chi connectivity index (χ2n) is 3.91. The average Bonchev–Trinajstić information content (AvgIpc) is 2.19. The number of halogens is 2. The van der Waals surface area contributed by atoms with Gasteiger partial charge >= 0.3 is 0 Å². The zero-order valence-corrected chi connectivity index (χ0v) is 10.9. The molecule has 16 heavy (non-hydrogen) atoms. The molecule has 0 radical (unpaired) electrons. The van der Waals surface area contributed by atoms with E-state index in [0.29, 0.717) is 22.4 Å². The number of hydrogen-bond donors (Lipinski definition) is 1. The van der Waals surface area contributed by atoms with Gasteiger partial charge in [0.05, 0.1) is 16.1 Å². The zero-order valence-electron chi connectivity index (χ0n) is 9.41. The Morgan fingerprint density at radius 2 is 2.00 bits per heavy atom. The summed E-state index contributed by atoms with van der Waals surface area (Å²) in [7, 11) is 3.94. The predicted molar refractivity (Wildman–Crippen MR) is 68.5 cm³/mol. The molecule has 90 valence electrons. The van der Waals surface area contributed by atoms with Crippen molar-refractivity contribution in [2.24, 2.45) is 5.73 Å². The summed E-state index contributed by atoms with van der Waals surface area (Å²) in [4.78, 5) is 2.02. The summed E-state index contributed by atoms with van der Waals surface area (Å²) < 4.78 is 5.51. The van der Waals surface area contributed by atoms with E-state index in [2.05, 4.69) is 0 Å². The van der Waals surface area contributed by atoms with Crippen LogP contribution in [0.3, 0.4) is 0 Å². The summed E-state index contributed by atoms with van der Waals surface area (Å²) in [6, 6.07) is 5.14. The van der Waals surface area contributed by atoms with E-state index in [1.165, 1.54) is 0 Å². The molecule has 0 aliphatic rings. The second kappa shape index (κ2) is 6.30. The van der Waals surface area contributed by atoms with Crippen LogP contribution in [0.4, 0.5) is 0 Å². The first kappa shape index (κ1) is 13.6. The highest BCUT2D eigenvalue weighted by Gasteiger charge is 2.06. The molecule has 2 N–H and O–H groups in total. The fourth-order valence-electron chi connectivity index (χ4n) is 1.29. The number of nitrogens with two attached hydrogens (primary N) is 1. The fraction of sp³-hybridized carbons (Fsp3) is 0.455. The van der Waals surface area contributed by atoms with Crippen LogP contribution in [-0.4, -0.2) is 38.2 Å². The summed E-state index contributed by atoms with van der Waals surface area (Å²) >= 11 is 11.7. The van der Waals surface area contributed by atoms with Gasteiger partial charge in [0, 0.05) is 12.6 Å². The van der Waals surface area contributed by atoms with Crippen molar-refractivity contribution in [3.05, 3.63) is 28.2 Å². The standard InChI is InChI=1S/C11H16Cl2N2O/c1-15(2)6-8(14)7-16-9-3-4-10(12)11(13)5-9/h3-5,8H,6-7,14H2,1-2H3. The van der Waals surface area contributed by atoms with E-state index in [1.54, 1.807) is 18.2 Å². The van der Waals surface area contributed by atoms with Gasteiger partial charge in [0.15, 0.2) is 0 Å². The van der Waals surface area contributed by atoms with Gasteiger partial charge < -0.3 is 15.4 Å². The first-order valence-electron chi connectivity index (χ1n) is 4.97. The van der Waals surface area contributed by atoms with E-state index in [1.807, 2.05) is 19.0 Å². The number of nitrogens with zero attached hydrogens (tertiary/aromatic N) is 1. The quantitative estimate of drug-likeness (QED) is 0.885. The molecule has 0 saturated heterocycles. The molecule has 1 rings (SSSR count). The average molecular weight is 263 g/mol. The highest BCUT2D eigenvalue weighted by Crippen LogP contribution is 2.26. The molecule has 0 aromatic heterocycles. The first-order valence-corrected chi connectivity index (χ1v) is 5.73. The Bertz CT molecular complexity index is 345. The molecule has 1 aromatic carbocycles. The third-order valence-electron chi connectivity index (χ3n) is 1.95. The minimum absolute atomic E-state index is 0.0237. The third kappa shape index (κ3) is 4.58. The van der Waals surface area contributed by atoms with Gasteiger partial charge in [-0.1, -0.05) is 23.2 Å². The lowest BCUT2D eigenvalue weighted by Gasteiger charge is -2.17. The summed E-state index contributed by atoms with van der Waals surface area (Å²) in [5.41, 5.74) is 5.86. The molecule has 0 saturated carbocycles. The van der Waals surface area contributed by atoms with Crippen LogP contribution in [0.5, 0.6) is 5.75 Å². The van der Waals surface area contributed by atoms with Gasteiger partial charge in [-0.15, -0.1) is 0 Å². The minimum Gasteiger partial charge on any atom is -0.492 e. The van der Waals surface area contributed by atoms with Crippen LogP contribution < -0.4 is 10.5 Å². The minimum atomic E-state index is -0.0237. The highest BCUT2D eigenvalue weighted by atomic mass is 35.5. The van der Waals surface area contributed by atoms with Crippen molar-refractivity contribution < 1.29 is 4.74 Å². The Morgan fingerprint density at radius 1 is 1.31 bits per heavy atom. The van der Waals surface area contributed by atoms with E-state index < -0.39 is 0 Å². The van der Waals surface area contributed by atoms with Crippen molar-refractivity contribution in [1.29, 1.82) is 0 Å². The number of likely N-dealkylation sites (N-methyl/N-ethyl adjacent to an activating group) is 1. The normalized spacial score (nSPS) is 12.9. The van der Waals surface area contributed by atoms with Crippen molar-refractivity contribution >= 4 is 23.2 Å². The number of rotatable bonds is 5. The van der Waals surface area contributed by atoms with Gasteiger partial charge in [0.2, 0.25) is 0 Å². The van der Waals surface area contributed by atoms with Gasteiger partial charge in [-0.2, -0.15) is 0 Å². The van der Waals surface area contributed by atoms with Crippen LogP contribution in [0.25, 0.3) is 0 Å². The maximum atomic E-state index is 5.86. The summed E-state index contributed by atoms with van der Waals surface area (Å²) in [6.07, 6.45) is 0. The van der Waals surface area contributed by atoms with Crippen molar-refractivity contribution in [2.75, 3.05) is 27.2 Å². The Labute approximate surface area is 106 Å². The molecular weight excluding hydrogens is 247 g/mol. The molecule has 0 fully saturated rings. The summed E-state index contributed by atoms with van der Waals surface area (Å²) in [5, 5.41) is 1.01. The van der Waals surface area contributed by atoms with Crippen molar-refractivity contribution in [1.82, 2.24) is 4.90 Å². The number of ether oxygens (including phenoxy) is 1. The van der Waals surface area contributed by atoms with Gasteiger partial charge in [-0.05, 0) is 26.2 Å². The van der Waals surface area contributed by atoms with Gasteiger partial charge in [0.1, 0.15) is 12.4 Å². The van der Waals surface area contributed by atoms with E-state index in [-0.39, 0.29) is 6.04 Å². The maximum absolute atomic E-state index is 5.86. The van der Waals surface area contributed by atoms with Crippen LogP contribution in [-0.2, 0) is 0 Å². The van der Waals surface area contributed by atoms with Crippen molar-refractivity contribution in [3.8, 4) is 5.75 Å². The van der Waals surface area contributed by atoms with Crippen LogP contribution in [0.15, 0.2) is 18.2 Å². The van der Waals surface area contributed by atoms with E-state index in [0.717, 1.165) is 6.54 Å². The Balaban J connectivity index is 2.45. The molecular formula is C11H16Cl2N2O. The van der Waals surface area contributed by atoms with Gasteiger partial charge in [0.25, 0.3) is 0 Å². The maximum Gasteiger partial charge on any atom is 0.120 e. The molecule has 5 heteroatoms. The molecule has 3 nitrogen and oxygen atoms in total. The molecule has 0 spiro atoms. The lowest BCUT2D eigenvalue weighted by Crippen LogP contribution is -2.37. The van der Waals surface area contributed by atoms with E-state index >= 15 is 0 Å². The van der Waals surface area contributed by atoms with Crippen LogP contribution in [0.2, 0.25) is 10.0 Å². The lowest BCUT2D eigenvalue weighted by atomic mass is 10.3. The van der Waals surface area contributed by atoms with Crippen LogP contribution >= 0.6 is 23.2 Å². The van der Waals surface area contributed by atoms with Crippen LogP contribution in [0.1, 0.15) is 0 Å². The molecule has 1 aromatic rings. The van der Waals surface area contributed by atoms with Crippen LogP contribution in [0, 0.1) is 0 Å². The molecule has 1 atom stereocenters. The van der Waals surface area contributed by atoms with E-state index in [9.17, 15) is 0 Å². The monoisotopic (exact) mass is 262 g/mol. The molecule has 1 unspecified atom stereocenters. The molecule has 0 heterocycles. The molecule has 0 aliphatic heterocycles. The number of hydrogen-bond acceptors (Lipinski definition) is 3. The Kier molecular flexibility index (Phi) is 5.35. The second-order valence-corrected chi connectivity index (χ2v) is 4.72. The van der Waals surface area contributed by atoms with Crippen molar-refractivity contribution in [3.63, 3.8) is 0 Å². The fourth-order valence-corrected chi connectivity index (χ4v) is 1.58.